The maximum Gasteiger partial charge on any atom is 0.148 e. The molecule has 0 saturated heterocycles. The van der Waals surface area contributed by atoms with Crippen molar-refractivity contribution in [3.63, 3.8) is 0 Å². The Morgan fingerprint density at radius 3 is 2.55 bits per heavy atom. The second kappa shape index (κ2) is 6.09. The highest BCUT2D eigenvalue weighted by atomic mass is 16.5. The molecule has 2 aromatic rings. The van der Waals surface area contributed by atoms with Gasteiger partial charge in [-0.2, -0.15) is 0 Å². The fraction of sp³-hybridized carbons (Fsp3) is 0.438. The third kappa shape index (κ3) is 2.85. The molecule has 0 aliphatic heterocycles. The van der Waals surface area contributed by atoms with Crippen molar-refractivity contribution in [1.82, 2.24) is 4.98 Å². The van der Waals surface area contributed by atoms with Gasteiger partial charge in [-0.1, -0.05) is 6.92 Å². The van der Waals surface area contributed by atoms with Crippen LogP contribution >= 0.6 is 0 Å². The molecule has 4 nitrogen and oxygen atoms in total. The van der Waals surface area contributed by atoms with Crippen molar-refractivity contribution in [2.45, 2.75) is 20.3 Å². The molecular formula is C16H22N2O2. The SMILES string of the molecule is COc1cc(OC)c2nc(C)cc(CC(C)CN)c2c1. The third-order valence-corrected chi connectivity index (χ3v) is 3.49. The molecule has 0 amide bonds. The number of aryl methyl sites for hydroxylation is 1. The number of nitrogens with two attached hydrogens (primary N) is 1. The molecule has 1 aromatic carbocycles. The predicted molar refractivity (Wildman–Crippen MR) is 81.5 cm³/mol. The molecule has 1 aromatic heterocycles. The molecule has 4 heteroatoms. The molecule has 0 radical (unpaired) electrons. The highest BCUT2D eigenvalue weighted by Gasteiger charge is 2.13. The van der Waals surface area contributed by atoms with Crippen LogP contribution in [0.15, 0.2) is 18.2 Å². The van der Waals surface area contributed by atoms with Crippen molar-refractivity contribution in [2.75, 3.05) is 20.8 Å². The van der Waals surface area contributed by atoms with Gasteiger partial charge >= 0.3 is 0 Å². The Bertz CT molecular complexity index is 611. The normalized spacial score (nSPS) is 12.4. The Hall–Kier alpha value is -1.81. The lowest BCUT2D eigenvalue weighted by Crippen LogP contribution is -2.13. The summed E-state index contributed by atoms with van der Waals surface area (Å²) in [5.41, 5.74) is 8.86. The van der Waals surface area contributed by atoms with E-state index in [1.54, 1.807) is 14.2 Å². The molecule has 0 fully saturated rings. The van der Waals surface area contributed by atoms with Crippen molar-refractivity contribution < 1.29 is 9.47 Å². The Morgan fingerprint density at radius 1 is 1.20 bits per heavy atom. The quantitative estimate of drug-likeness (QED) is 0.910. The van der Waals surface area contributed by atoms with Crippen LogP contribution in [-0.2, 0) is 6.42 Å². The van der Waals surface area contributed by atoms with Gasteiger partial charge in [-0.05, 0) is 43.5 Å². The number of nitrogens with zero attached hydrogens (tertiary/aromatic N) is 1. The molecule has 20 heavy (non-hydrogen) atoms. The predicted octanol–water partition coefficient (Wildman–Crippen LogP) is 2.70. The first-order chi connectivity index (χ1) is 9.58. The molecule has 1 atom stereocenters. The van der Waals surface area contributed by atoms with Gasteiger partial charge < -0.3 is 15.2 Å². The number of hydrogen-bond donors (Lipinski definition) is 1. The largest absolute Gasteiger partial charge is 0.497 e. The lowest BCUT2D eigenvalue weighted by molar-refractivity contribution is 0.397. The molecular weight excluding hydrogens is 252 g/mol. The molecule has 2 N–H and O–H groups in total. The molecule has 2 rings (SSSR count). The number of ether oxygens (including phenoxy) is 2. The van der Waals surface area contributed by atoms with Crippen molar-refractivity contribution >= 4 is 10.9 Å². The maximum absolute atomic E-state index is 5.75. The van der Waals surface area contributed by atoms with Gasteiger partial charge in [0.1, 0.15) is 17.0 Å². The van der Waals surface area contributed by atoms with Gasteiger partial charge in [0.2, 0.25) is 0 Å². The van der Waals surface area contributed by atoms with Gasteiger partial charge in [0, 0.05) is 17.1 Å². The number of aromatic nitrogens is 1. The molecule has 0 spiro atoms. The van der Waals surface area contributed by atoms with Crippen LogP contribution in [0.4, 0.5) is 0 Å². The van der Waals surface area contributed by atoms with Crippen LogP contribution in [0.1, 0.15) is 18.2 Å². The summed E-state index contributed by atoms with van der Waals surface area (Å²) in [5.74, 6) is 1.95. The molecule has 108 valence electrons. The first-order valence-corrected chi connectivity index (χ1v) is 6.81. The summed E-state index contributed by atoms with van der Waals surface area (Å²) in [6, 6.07) is 6.00. The second-order valence-electron chi connectivity index (χ2n) is 5.19. The summed E-state index contributed by atoms with van der Waals surface area (Å²) >= 11 is 0. The standard InChI is InChI=1S/C16H22N2O2/c1-10(9-17)5-12-6-11(2)18-16-14(12)7-13(19-3)8-15(16)20-4/h6-8,10H,5,9,17H2,1-4H3. The summed E-state index contributed by atoms with van der Waals surface area (Å²) in [5, 5.41) is 1.08. The molecule has 1 unspecified atom stereocenters. The Balaban J connectivity index is 2.66. The molecule has 0 saturated carbocycles. The van der Waals surface area contributed by atoms with Crippen LogP contribution in [0.3, 0.4) is 0 Å². The summed E-state index contributed by atoms with van der Waals surface area (Å²) in [4.78, 5) is 4.60. The van der Waals surface area contributed by atoms with E-state index in [4.69, 9.17) is 15.2 Å². The van der Waals surface area contributed by atoms with Gasteiger partial charge in [0.05, 0.1) is 14.2 Å². The van der Waals surface area contributed by atoms with E-state index in [2.05, 4.69) is 18.0 Å². The van der Waals surface area contributed by atoms with E-state index in [0.717, 1.165) is 34.5 Å². The molecule has 0 aliphatic rings. The fourth-order valence-electron chi connectivity index (χ4n) is 2.38. The zero-order chi connectivity index (χ0) is 14.7. The number of hydrogen-bond acceptors (Lipinski definition) is 4. The van der Waals surface area contributed by atoms with E-state index in [1.165, 1.54) is 5.56 Å². The van der Waals surface area contributed by atoms with Gasteiger partial charge in [-0.15, -0.1) is 0 Å². The minimum absolute atomic E-state index is 0.428. The van der Waals surface area contributed by atoms with Crippen molar-refractivity contribution in [1.29, 1.82) is 0 Å². The van der Waals surface area contributed by atoms with E-state index >= 15 is 0 Å². The first-order valence-electron chi connectivity index (χ1n) is 6.81. The number of fused-ring (bicyclic) bond motifs is 1. The van der Waals surface area contributed by atoms with Gasteiger partial charge in [0.15, 0.2) is 0 Å². The lowest BCUT2D eigenvalue weighted by Gasteiger charge is -2.15. The average molecular weight is 274 g/mol. The van der Waals surface area contributed by atoms with Crippen molar-refractivity contribution in [3.8, 4) is 11.5 Å². The number of pyridine rings is 1. The minimum atomic E-state index is 0.428. The van der Waals surface area contributed by atoms with E-state index in [9.17, 15) is 0 Å². The van der Waals surface area contributed by atoms with Gasteiger partial charge in [-0.3, -0.25) is 0 Å². The Kier molecular flexibility index (Phi) is 4.45. The molecule has 1 heterocycles. The van der Waals surface area contributed by atoms with Gasteiger partial charge in [-0.25, -0.2) is 4.98 Å². The van der Waals surface area contributed by atoms with Crippen LogP contribution in [0.5, 0.6) is 11.5 Å². The Morgan fingerprint density at radius 2 is 1.95 bits per heavy atom. The minimum Gasteiger partial charge on any atom is -0.497 e. The van der Waals surface area contributed by atoms with Crippen LogP contribution in [0.25, 0.3) is 10.9 Å². The first kappa shape index (κ1) is 14.6. The summed E-state index contributed by atoms with van der Waals surface area (Å²) < 4.78 is 10.8. The number of methoxy groups -OCH3 is 2. The van der Waals surface area contributed by atoms with Crippen LogP contribution in [0.2, 0.25) is 0 Å². The van der Waals surface area contributed by atoms with E-state index in [-0.39, 0.29) is 0 Å². The fourth-order valence-corrected chi connectivity index (χ4v) is 2.38. The van der Waals surface area contributed by atoms with Crippen LogP contribution < -0.4 is 15.2 Å². The van der Waals surface area contributed by atoms with Crippen LogP contribution in [-0.4, -0.2) is 25.7 Å². The highest BCUT2D eigenvalue weighted by molar-refractivity contribution is 5.89. The number of rotatable bonds is 5. The molecule has 0 bridgehead atoms. The third-order valence-electron chi connectivity index (χ3n) is 3.49. The van der Waals surface area contributed by atoms with E-state index in [1.807, 2.05) is 19.1 Å². The zero-order valence-corrected chi connectivity index (χ0v) is 12.6. The van der Waals surface area contributed by atoms with E-state index in [0.29, 0.717) is 12.5 Å². The average Bonchev–Trinajstić information content (AvgIpc) is 2.46. The smallest absolute Gasteiger partial charge is 0.148 e. The zero-order valence-electron chi connectivity index (χ0n) is 12.6. The van der Waals surface area contributed by atoms with Crippen LogP contribution in [0, 0.1) is 12.8 Å². The molecule has 0 aliphatic carbocycles. The van der Waals surface area contributed by atoms with Crippen molar-refractivity contribution in [2.24, 2.45) is 11.7 Å². The summed E-state index contributed by atoms with van der Waals surface area (Å²) in [7, 11) is 3.31. The topological polar surface area (TPSA) is 57.4 Å². The Labute approximate surface area is 119 Å². The van der Waals surface area contributed by atoms with Crippen molar-refractivity contribution in [3.05, 3.63) is 29.5 Å². The number of benzene rings is 1. The summed E-state index contributed by atoms with van der Waals surface area (Å²) in [6.45, 7) is 4.82. The second-order valence-corrected chi connectivity index (χ2v) is 5.19. The monoisotopic (exact) mass is 274 g/mol. The highest BCUT2D eigenvalue weighted by Crippen LogP contribution is 2.33. The van der Waals surface area contributed by atoms with E-state index < -0.39 is 0 Å². The lowest BCUT2D eigenvalue weighted by atomic mass is 9.97. The van der Waals surface area contributed by atoms with Gasteiger partial charge in [0.25, 0.3) is 0 Å². The summed E-state index contributed by atoms with van der Waals surface area (Å²) in [6.07, 6.45) is 0.923. The maximum atomic E-state index is 5.75.